The summed E-state index contributed by atoms with van der Waals surface area (Å²) in [5.74, 6) is -2.82. The third-order valence-electron chi connectivity index (χ3n) is 5.25. The van der Waals surface area contributed by atoms with Gasteiger partial charge in [-0.25, -0.2) is 13.6 Å². The van der Waals surface area contributed by atoms with Crippen LogP contribution in [-0.2, 0) is 25.7 Å². The molecule has 0 aliphatic carbocycles. The Hall–Kier alpha value is -3.50. The van der Waals surface area contributed by atoms with Gasteiger partial charge in [-0.05, 0) is 56.2 Å². The van der Waals surface area contributed by atoms with Crippen molar-refractivity contribution in [3.05, 3.63) is 65.2 Å². The van der Waals surface area contributed by atoms with Crippen molar-refractivity contribution in [2.75, 3.05) is 46.1 Å². The van der Waals surface area contributed by atoms with Crippen molar-refractivity contribution in [2.24, 2.45) is 0 Å². The molecule has 8 nitrogen and oxygen atoms in total. The number of amides is 1. The van der Waals surface area contributed by atoms with E-state index in [0.29, 0.717) is 50.7 Å². The zero-order chi connectivity index (χ0) is 27.2. The highest BCUT2D eigenvalue weighted by Gasteiger charge is 2.15. The molecule has 1 amide bonds. The molecular weight excluding hydrogens is 488 g/mol. The summed E-state index contributed by atoms with van der Waals surface area (Å²) in [6, 6.07) is 8.13. The quantitative estimate of drug-likeness (QED) is 0.260. The fourth-order valence-electron chi connectivity index (χ4n) is 3.28. The van der Waals surface area contributed by atoms with Gasteiger partial charge in [-0.15, -0.1) is 0 Å². The Morgan fingerprint density at radius 2 is 1.57 bits per heavy atom. The molecule has 0 heterocycles. The number of carbonyl (C=O) groups excluding carboxylic acids is 1. The molecule has 0 unspecified atom stereocenters. The Morgan fingerprint density at radius 1 is 0.946 bits per heavy atom. The largest absolute Gasteiger partial charge is 0.485 e. The lowest BCUT2D eigenvalue weighted by Gasteiger charge is -2.21. The molecule has 0 aliphatic rings. The van der Waals surface area contributed by atoms with Crippen molar-refractivity contribution >= 4 is 17.4 Å². The summed E-state index contributed by atoms with van der Waals surface area (Å²) in [6.07, 6.45) is 1.46. The predicted molar refractivity (Wildman–Crippen MR) is 133 cm³/mol. The van der Waals surface area contributed by atoms with Crippen LogP contribution in [0.1, 0.15) is 31.9 Å². The van der Waals surface area contributed by atoms with Crippen LogP contribution in [0.25, 0.3) is 5.57 Å². The maximum absolute atomic E-state index is 14.0. The van der Waals surface area contributed by atoms with Crippen LogP contribution >= 0.6 is 0 Å². The van der Waals surface area contributed by atoms with Crippen LogP contribution in [0.15, 0.2) is 42.5 Å². The zero-order valence-corrected chi connectivity index (χ0v) is 21.3. The van der Waals surface area contributed by atoms with E-state index in [4.69, 9.17) is 24.1 Å². The highest BCUT2D eigenvalue weighted by atomic mass is 19.1. The molecule has 0 saturated heterocycles. The third kappa shape index (κ3) is 9.82. The average Bonchev–Trinajstić information content (AvgIpc) is 2.86. The fraction of sp³-hybridized carbons (Fsp3) is 0.407. The first-order valence-corrected chi connectivity index (χ1v) is 11.9. The smallest absolute Gasteiger partial charge is 0.341 e. The van der Waals surface area contributed by atoms with Gasteiger partial charge in [0.25, 0.3) is 0 Å². The fourth-order valence-corrected chi connectivity index (χ4v) is 3.28. The number of nitrogens with zero attached hydrogens (tertiary/aromatic N) is 1. The van der Waals surface area contributed by atoms with Gasteiger partial charge in [0, 0.05) is 32.4 Å². The lowest BCUT2D eigenvalue weighted by atomic mass is 10.1. The number of hydrogen-bond acceptors (Lipinski definition) is 6. The van der Waals surface area contributed by atoms with Crippen molar-refractivity contribution in [2.45, 2.75) is 27.4 Å². The highest BCUT2D eigenvalue weighted by Crippen LogP contribution is 2.32. The van der Waals surface area contributed by atoms with Crippen LogP contribution in [0.5, 0.6) is 11.5 Å². The molecule has 0 atom stereocenters. The van der Waals surface area contributed by atoms with Crippen LogP contribution in [0.2, 0.25) is 0 Å². The van der Waals surface area contributed by atoms with E-state index >= 15 is 0 Å². The first kappa shape index (κ1) is 29.7. The van der Waals surface area contributed by atoms with Crippen LogP contribution in [0, 0.1) is 11.6 Å². The molecule has 2 rings (SSSR count). The summed E-state index contributed by atoms with van der Waals surface area (Å²) in [7, 11) is 0. The van der Waals surface area contributed by atoms with Gasteiger partial charge in [0.15, 0.2) is 18.1 Å². The van der Waals surface area contributed by atoms with Crippen LogP contribution in [-0.4, -0.2) is 68.0 Å². The van der Waals surface area contributed by atoms with E-state index in [1.54, 1.807) is 17.9 Å². The molecule has 0 bridgehead atoms. The molecule has 2 aromatic rings. The topological polar surface area (TPSA) is 94.5 Å². The van der Waals surface area contributed by atoms with Gasteiger partial charge in [0.05, 0.1) is 18.8 Å². The Morgan fingerprint density at radius 3 is 2.14 bits per heavy atom. The number of allylic oxidation sites excluding steroid dienone is 1. The Kier molecular flexibility index (Phi) is 12.5. The molecule has 1 N–H and O–H groups in total. The first-order valence-electron chi connectivity index (χ1n) is 11.9. The summed E-state index contributed by atoms with van der Waals surface area (Å²) < 4.78 is 49.6. The van der Waals surface area contributed by atoms with Crippen molar-refractivity contribution in [1.82, 2.24) is 4.90 Å². The lowest BCUT2D eigenvalue weighted by Crippen LogP contribution is -2.35. The van der Waals surface area contributed by atoms with Gasteiger partial charge < -0.3 is 29.0 Å². The minimum atomic E-state index is -1.21. The van der Waals surface area contributed by atoms with Crippen LogP contribution < -0.4 is 9.47 Å². The number of rotatable bonds is 16. The van der Waals surface area contributed by atoms with E-state index in [1.165, 1.54) is 24.3 Å². The number of benzene rings is 2. The van der Waals surface area contributed by atoms with Crippen molar-refractivity contribution in [1.29, 1.82) is 0 Å². The lowest BCUT2D eigenvalue weighted by molar-refractivity contribution is -0.139. The number of halogens is 2. The van der Waals surface area contributed by atoms with E-state index in [2.05, 4.69) is 0 Å². The summed E-state index contributed by atoms with van der Waals surface area (Å²) >= 11 is 0. The SMILES string of the molecule is CCOCCN(CCOCC)C(=O)/C=C(\C)c1ccc(OCc2c(F)cccc2F)c(OCC(=O)O)c1. The standard InChI is InChI=1S/C27H33F2NO7/c1-4-34-13-11-30(12-14-35-5-2)26(31)15-19(3)20-9-10-24(25(16-20)37-18-27(32)33)36-17-21-22(28)7-6-8-23(21)29/h6-10,15-16H,4-5,11-14,17-18H2,1-3H3,(H,32,33)/b19-15+. The second-order valence-electron chi connectivity index (χ2n) is 7.88. The second kappa shape index (κ2) is 15.6. The number of carbonyl (C=O) groups is 2. The van der Waals surface area contributed by atoms with Crippen molar-refractivity contribution in [3.63, 3.8) is 0 Å². The van der Waals surface area contributed by atoms with E-state index in [-0.39, 0.29) is 23.0 Å². The van der Waals surface area contributed by atoms with E-state index in [0.717, 1.165) is 12.1 Å². The minimum absolute atomic E-state index is 0.0568. The molecule has 10 heteroatoms. The predicted octanol–water partition coefficient (Wildman–Crippen LogP) is 4.31. The maximum atomic E-state index is 14.0. The van der Waals surface area contributed by atoms with Gasteiger partial charge in [-0.1, -0.05) is 12.1 Å². The number of carboxylic acid groups (broad SMARTS) is 1. The van der Waals surface area contributed by atoms with Gasteiger partial charge in [-0.2, -0.15) is 0 Å². The third-order valence-corrected chi connectivity index (χ3v) is 5.25. The summed E-state index contributed by atoms with van der Waals surface area (Å²) in [6.45, 7) is 7.06. The molecule has 2 aromatic carbocycles. The van der Waals surface area contributed by atoms with Crippen molar-refractivity contribution in [3.8, 4) is 11.5 Å². The first-order chi connectivity index (χ1) is 17.8. The van der Waals surface area contributed by atoms with E-state index in [1.807, 2.05) is 13.8 Å². The molecule has 202 valence electrons. The Labute approximate surface area is 215 Å². The van der Waals surface area contributed by atoms with Crippen LogP contribution in [0.3, 0.4) is 0 Å². The monoisotopic (exact) mass is 521 g/mol. The van der Waals surface area contributed by atoms with Gasteiger partial charge in [0.1, 0.15) is 18.2 Å². The second-order valence-corrected chi connectivity index (χ2v) is 7.88. The highest BCUT2D eigenvalue weighted by molar-refractivity contribution is 5.95. The number of ether oxygens (including phenoxy) is 4. The Balaban J connectivity index is 2.24. The Bertz CT molecular complexity index is 1040. The normalized spacial score (nSPS) is 11.3. The average molecular weight is 522 g/mol. The molecule has 0 aliphatic heterocycles. The summed E-state index contributed by atoms with van der Waals surface area (Å²) in [5.41, 5.74) is 0.902. The van der Waals surface area contributed by atoms with Gasteiger partial charge >= 0.3 is 5.97 Å². The van der Waals surface area contributed by atoms with Gasteiger partial charge in [-0.3, -0.25) is 4.79 Å². The molecule has 0 radical (unpaired) electrons. The number of hydrogen-bond donors (Lipinski definition) is 1. The minimum Gasteiger partial charge on any atom is -0.485 e. The zero-order valence-electron chi connectivity index (χ0n) is 21.3. The molecule has 37 heavy (non-hydrogen) atoms. The number of aliphatic carboxylic acids is 1. The molecule has 0 aromatic heterocycles. The van der Waals surface area contributed by atoms with Gasteiger partial charge in [0.2, 0.25) is 5.91 Å². The molecule has 0 fully saturated rings. The summed E-state index contributed by atoms with van der Waals surface area (Å²) in [4.78, 5) is 25.6. The molecule has 0 saturated carbocycles. The van der Waals surface area contributed by atoms with E-state index in [9.17, 15) is 18.4 Å². The maximum Gasteiger partial charge on any atom is 0.341 e. The molecular formula is C27H33F2NO7. The van der Waals surface area contributed by atoms with E-state index < -0.39 is 30.8 Å². The molecule has 0 spiro atoms. The summed E-state index contributed by atoms with van der Waals surface area (Å²) in [5, 5.41) is 9.04. The van der Waals surface area contributed by atoms with Crippen molar-refractivity contribution < 1.29 is 42.4 Å². The number of carboxylic acids is 1. The van der Waals surface area contributed by atoms with Crippen LogP contribution in [0.4, 0.5) is 8.78 Å².